The maximum Gasteiger partial charge on any atom is 0.309 e. The summed E-state index contributed by atoms with van der Waals surface area (Å²) in [6, 6.07) is 0. The van der Waals surface area contributed by atoms with Crippen LogP contribution in [0.25, 0.3) is 0 Å². The Morgan fingerprint density at radius 3 is 2.33 bits per heavy atom. The molecule has 0 heterocycles. The summed E-state index contributed by atoms with van der Waals surface area (Å²) in [5.41, 5.74) is 0. The minimum atomic E-state index is -0.937. The van der Waals surface area contributed by atoms with Crippen LogP contribution in [-0.4, -0.2) is 23.7 Å². The summed E-state index contributed by atoms with van der Waals surface area (Å²) in [5.74, 6) is -1.75. The number of esters is 1. The van der Waals surface area contributed by atoms with Crippen LogP contribution in [0.5, 0.6) is 0 Å². The number of hydrogen-bond donors (Lipinski definition) is 1. The fourth-order valence-corrected chi connectivity index (χ4v) is 2.05. The number of carbonyl (C=O) groups is 2. The van der Waals surface area contributed by atoms with Crippen LogP contribution in [0.1, 0.15) is 59.3 Å². The van der Waals surface area contributed by atoms with E-state index in [0.29, 0.717) is 6.61 Å². The number of carboxylic acids is 1. The van der Waals surface area contributed by atoms with Crippen molar-refractivity contribution >= 4 is 11.9 Å². The maximum absolute atomic E-state index is 11.7. The van der Waals surface area contributed by atoms with E-state index in [9.17, 15) is 9.59 Å². The Hall–Kier alpha value is -1.06. The third-order valence-electron chi connectivity index (χ3n) is 3.18. The quantitative estimate of drug-likeness (QED) is 0.482. The highest BCUT2D eigenvalue weighted by Gasteiger charge is 2.28. The number of carboxylic acid groups (broad SMARTS) is 1. The molecule has 0 aromatic carbocycles. The van der Waals surface area contributed by atoms with E-state index in [-0.39, 0.29) is 18.3 Å². The fraction of sp³-hybridized carbons (Fsp3) is 0.857. The first-order valence-electron chi connectivity index (χ1n) is 6.91. The summed E-state index contributed by atoms with van der Waals surface area (Å²) in [6.45, 7) is 6.13. The molecule has 0 aliphatic heterocycles. The van der Waals surface area contributed by atoms with Crippen molar-refractivity contribution in [3.05, 3.63) is 0 Å². The van der Waals surface area contributed by atoms with Gasteiger partial charge >= 0.3 is 11.9 Å². The Bertz CT molecular complexity index is 250. The smallest absolute Gasteiger partial charge is 0.309 e. The van der Waals surface area contributed by atoms with Gasteiger partial charge in [0, 0.05) is 0 Å². The van der Waals surface area contributed by atoms with Crippen LogP contribution in [0.3, 0.4) is 0 Å². The molecule has 0 fully saturated rings. The summed E-state index contributed by atoms with van der Waals surface area (Å²) in [4.78, 5) is 22.5. The van der Waals surface area contributed by atoms with Crippen molar-refractivity contribution in [2.24, 2.45) is 11.8 Å². The second-order valence-corrected chi connectivity index (χ2v) is 4.78. The van der Waals surface area contributed by atoms with Crippen LogP contribution in [0.4, 0.5) is 0 Å². The largest absolute Gasteiger partial charge is 0.481 e. The average molecular weight is 258 g/mol. The molecular formula is C14H26O4. The van der Waals surface area contributed by atoms with Crippen LogP contribution < -0.4 is 0 Å². The molecule has 0 saturated carbocycles. The Labute approximate surface area is 110 Å². The number of aliphatic carboxylic acids is 1. The van der Waals surface area contributed by atoms with Crippen molar-refractivity contribution in [1.29, 1.82) is 0 Å². The van der Waals surface area contributed by atoms with Gasteiger partial charge in [0.05, 0.1) is 18.9 Å². The maximum atomic E-state index is 11.7. The van der Waals surface area contributed by atoms with Crippen LogP contribution in [-0.2, 0) is 14.3 Å². The molecule has 0 spiro atoms. The lowest BCUT2D eigenvalue weighted by atomic mass is 9.87. The van der Waals surface area contributed by atoms with Gasteiger partial charge in [-0.25, -0.2) is 0 Å². The van der Waals surface area contributed by atoms with Gasteiger partial charge in [-0.15, -0.1) is 0 Å². The predicted molar refractivity (Wildman–Crippen MR) is 70.3 cm³/mol. The molecule has 0 aromatic rings. The van der Waals surface area contributed by atoms with Crippen molar-refractivity contribution in [3.63, 3.8) is 0 Å². The molecule has 2 atom stereocenters. The van der Waals surface area contributed by atoms with Gasteiger partial charge in [-0.2, -0.15) is 0 Å². The van der Waals surface area contributed by atoms with Gasteiger partial charge < -0.3 is 9.84 Å². The molecule has 0 aromatic heterocycles. The van der Waals surface area contributed by atoms with E-state index in [4.69, 9.17) is 9.84 Å². The number of carbonyl (C=O) groups excluding carboxylic acids is 1. The summed E-state index contributed by atoms with van der Waals surface area (Å²) >= 11 is 0. The molecule has 106 valence electrons. The van der Waals surface area contributed by atoms with E-state index in [0.717, 1.165) is 19.3 Å². The molecule has 0 radical (unpaired) electrons. The summed E-state index contributed by atoms with van der Waals surface area (Å²) in [6.07, 6.45) is 5.30. The van der Waals surface area contributed by atoms with E-state index >= 15 is 0 Å². The van der Waals surface area contributed by atoms with E-state index in [2.05, 4.69) is 6.92 Å². The average Bonchev–Trinajstić information content (AvgIpc) is 2.31. The van der Waals surface area contributed by atoms with Crippen molar-refractivity contribution in [2.45, 2.75) is 59.3 Å². The normalized spacial score (nSPS) is 13.9. The van der Waals surface area contributed by atoms with Crippen LogP contribution in [0, 0.1) is 11.8 Å². The molecule has 1 N–H and O–H groups in total. The fourth-order valence-electron chi connectivity index (χ4n) is 2.05. The van der Waals surface area contributed by atoms with Gasteiger partial charge in [-0.1, -0.05) is 39.5 Å². The van der Waals surface area contributed by atoms with E-state index in [1.54, 1.807) is 6.92 Å². The minimum Gasteiger partial charge on any atom is -0.481 e. The third kappa shape index (κ3) is 7.30. The Balaban J connectivity index is 4.26. The van der Waals surface area contributed by atoms with Gasteiger partial charge in [0.2, 0.25) is 0 Å². The molecule has 0 rings (SSSR count). The lowest BCUT2D eigenvalue weighted by Gasteiger charge is -2.20. The Morgan fingerprint density at radius 1 is 1.17 bits per heavy atom. The second-order valence-electron chi connectivity index (χ2n) is 4.78. The molecule has 2 unspecified atom stereocenters. The first-order valence-corrected chi connectivity index (χ1v) is 6.91. The highest BCUT2D eigenvalue weighted by Crippen LogP contribution is 2.23. The zero-order chi connectivity index (χ0) is 14.0. The van der Waals surface area contributed by atoms with Gasteiger partial charge in [0.15, 0.2) is 0 Å². The molecule has 0 aliphatic carbocycles. The lowest BCUT2D eigenvalue weighted by Crippen LogP contribution is -2.27. The number of unbranched alkanes of at least 4 members (excludes halogenated alkanes) is 3. The molecule has 4 nitrogen and oxygen atoms in total. The highest BCUT2D eigenvalue weighted by molar-refractivity contribution is 5.79. The predicted octanol–water partition coefficient (Wildman–Crippen LogP) is 3.25. The Morgan fingerprint density at radius 2 is 1.83 bits per heavy atom. The zero-order valence-electron chi connectivity index (χ0n) is 11.8. The standard InChI is InChI=1S/C14H26O4/c1-4-6-7-8-9-11(3)12(10-13(15)16)14(17)18-5-2/h11-12H,4-10H2,1-3H3,(H,15,16). The first kappa shape index (κ1) is 16.9. The highest BCUT2D eigenvalue weighted by atomic mass is 16.5. The number of rotatable bonds is 10. The lowest BCUT2D eigenvalue weighted by molar-refractivity contribution is -0.154. The topological polar surface area (TPSA) is 63.6 Å². The van der Waals surface area contributed by atoms with Crippen molar-refractivity contribution < 1.29 is 19.4 Å². The van der Waals surface area contributed by atoms with Gasteiger partial charge in [-0.3, -0.25) is 9.59 Å². The van der Waals surface area contributed by atoms with Crippen LogP contribution in [0.2, 0.25) is 0 Å². The van der Waals surface area contributed by atoms with Crippen LogP contribution >= 0.6 is 0 Å². The molecule has 0 aliphatic rings. The number of ether oxygens (including phenoxy) is 1. The zero-order valence-corrected chi connectivity index (χ0v) is 11.8. The van der Waals surface area contributed by atoms with E-state index in [1.165, 1.54) is 12.8 Å². The van der Waals surface area contributed by atoms with Crippen molar-refractivity contribution in [2.75, 3.05) is 6.61 Å². The summed E-state index contributed by atoms with van der Waals surface area (Å²) in [5, 5.41) is 8.85. The van der Waals surface area contributed by atoms with Crippen molar-refractivity contribution in [1.82, 2.24) is 0 Å². The minimum absolute atomic E-state index is 0.0667. The molecule has 0 amide bonds. The van der Waals surface area contributed by atoms with Gasteiger partial charge in [-0.05, 0) is 19.3 Å². The summed E-state index contributed by atoms with van der Waals surface area (Å²) < 4.78 is 4.95. The number of hydrogen-bond acceptors (Lipinski definition) is 3. The molecular weight excluding hydrogens is 232 g/mol. The van der Waals surface area contributed by atoms with Gasteiger partial charge in [0.25, 0.3) is 0 Å². The molecule has 4 heteroatoms. The molecule has 0 bridgehead atoms. The summed E-state index contributed by atoms with van der Waals surface area (Å²) in [7, 11) is 0. The molecule has 18 heavy (non-hydrogen) atoms. The molecule has 0 saturated heterocycles. The van der Waals surface area contributed by atoms with Crippen molar-refractivity contribution in [3.8, 4) is 0 Å². The van der Waals surface area contributed by atoms with Crippen LogP contribution in [0.15, 0.2) is 0 Å². The monoisotopic (exact) mass is 258 g/mol. The SMILES string of the molecule is CCCCCCC(C)C(CC(=O)O)C(=O)OCC. The third-order valence-corrected chi connectivity index (χ3v) is 3.18. The first-order chi connectivity index (χ1) is 8.52. The van der Waals surface area contributed by atoms with Gasteiger partial charge in [0.1, 0.15) is 0 Å². The van der Waals surface area contributed by atoms with E-state index < -0.39 is 11.9 Å². The van der Waals surface area contributed by atoms with E-state index in [1.807, 2.05) is 6.92 Å². The Kier molecular flexibility index (Phi) is 9.33. The second kappa shape index (κ2) is 9.92.